The molecule has 0 fully saturated rings. The first-order valence-electron chi connectivity index (χ1n) is 12.2. The van der Waals surface area contributed by atoms with Gasteiger partial charge in [-0.15, -0.1) is 0 Å². The lowest BCUT2D eigenvalue weighted by Gasteiger charge is -2.37. The predicted molar refractivity (Wildman–Crippen MR) is 137 cm³/mol. The van der Waals surface area contributed by atoms with Crippen molar-refractivity contribution in [3.8, 4) is 11.5 Å². The average molecular weight is 497 g/mol. The Morgan fingerprint density at radius 3 is 2.57 bits per heavy atom. The minimum atomic E-state index is -0.608. The first-order valence-corrected chi connectivity index (χ1v) is 12.2. The van der Waals surface area contributed by atoms with Crippen LogP contribution in [0.15, 0.2) is 95.3 Å². The fourth-order valence-electron chi connectivity index (χ4n) is 5.49. The molecule has 0 saturated heterocycles. The molecular formula is C30H25FN2O4. The van der Waals surface area contributed by atoms with Gasteiger partial charge in [-0.1, -0.05) is 42.5 Å². The minimum Gasteiger partial charge on any atom is -0.454 e. The predicted octanol–water partition coefficient (Wildman–Crippen LogP) is 5.55. The monoisotopic (exact) mass is 496 g/mol. The molecule has 37 heavy (non-hydrogen) atoms. The van der Waals surface area contributed by atoms with Crippen LogP contribution in [0.1, 0.15) is 42.7 Å². The third-order valence-electron chi connectivity index (χ3n) is 7.16. The highest BCUT2D eigenvalue weighted by atomic mass is 19.1. The molecule has 6 rings (SSSR count). The molecule has 7 heteroatoms. The third-order valence-corrected chi connectivity index (χ3v) is 7.16. The molecule has 3 aliphatic rings. The second kappa shape index (κ2) is 9.24. The zero-order chi connectivity index (χ0) is 25.5. The number of carbonyl (C=O) groups is 2. The summed E-state index contributed by atoms with van der Waals surface area (Å²) < 4.78 is 24.9. The number of benzene rings is 3. The second-order valence-electron chi connectivity index (χ2n) is 9.51. The van der Waals surface area contributed by atoms with Gasteiger partial charge >= 0.3 is 0 Å². The largest absolute Gasteiger partial charge is 0.454 e. The topological polar surface area (TPSA) is 76.7 Å². The summed E-state index contributed by atoms with van der Waals surface area (Å²) in [6, 6.07) is 21.3. The standard InChI is InChI=1S/C30H25FN2O4/c1-17-27(30(35)33-22-9-5-8-21(31)15-22)28(19-10-11-25-26(14-19)37-16-36-25)29-23(32-17)12-20(13-24(29)34)18-6-3-2-4-7-18/h2-11,14-15,20,28,32H,12-13,16H2,1H3,(H,33,35)/t20-,28-/m0/s1. The number of nitrogens with one attached hydrogen (secondary N) is 2. The zero-order valence-corrected chi connectivity index (χ0v) is 20.2. The van der Waals surface area contributed by atoms with E-state index in [4.69, 9.17) is 9.47 Å². The van der Waals surface area contributed by atoms with Crippen molar-refractivity contribution < 1.29 is 23.5 Å². The van der Waals surface area contributed by atoms with Gasteiger partial charge < -0.3 is 20.1 Å². The molecule has 0 saturated carbocycles. The lowest BCUT2D eigenvalue weighted by Crippen LogP contribution is -2.37. The molecule has 0 bridgehead atoms. The van der Waals surface area contributed by atoms with Crippen LogP contribution in [-0.2, 0) is 9.59 Å². The number of dihydropyridines is 1. The smallest absolute Gasteiger partial charge is 0.254 e. The molecule has 186 valence electrons. The van der Waals surface area contributed by atoms with E-state index in [9.17, 15) is 14.0 Å². The number of ketones is 1. The van der Waals surface area contributed by atoms with Crippen molar-refractivity contribution in [3.05, 3.63) is 112 Å². The molecule has 3 aromatic rings. The molecule has 2 aliphatic heterocycles. The van der Waals surface area contributed by atoms with Gasteiger partial charge in [0.1, 0.15) is 5.82 Å². The highest BCUT2D eigenvalue weighted by Gasteiger charge is 2.41. The number of hydrogen-bond donors (Lipinski definition) is 2. The number of rotatable bonds is 4. The van der Waals surface area contributed by atoms with E-state index in [1.165, 1.54) is 18.2 Å². The fourth-order valence-corrected chi connectivity index (χ4v) is 5.49. The van der Waals surface area contributed by atoms with Gasteiger partial charge in [0.15, 0.2) is 17.3 Å². The SMILES string of the molecule is CC1=C(C(=O)Nc2cccc(F)c2)[C@H](c2ccc3c(c2)OCO3)C2=C(C[C@H](c3ccccc3)CC2=O)N1. The maximum Gasteiger partial charge on any atom is 0.254 e. The van der Waals surface area contributed by atoms with Crippen LogP contribution in [0.5, 0.6) is 11.5 Å². The lowest BCUT2D eigenvalue weighted by atomic mass is 9.71. The number of Topliss-reactive ketones (excluding diaryl/α,β-unsaturated/α-hetero) is 1. The van der Waals surface area contributed by atoms with Crippen LogP contribution in [-0.4, -0.2) is 18.5 Å². The van der Waals surface area contributed by atoms with Crippen molar-refractivity contribution in [2.75, 3.05) is 12.1 Å². The number of allylic oxidation sites excluding steroid dienone is 3. The number of fused-ring (bicyclic) bond motifs is 1. The summed E-state index contributed by atoms with van der Waals surface area (Å²) >= 11 is 0. The number of anilines is 1. The molecule has 2 atom stereocenters. The Kier molecular flexibility index (Phi) is 5.75. The van der Waals surface area contributed by atoms with Crippen molar-refractivity contribution in [2.45, 2.75) is 31.6 Å². The Hall–Kier alpha value is -4.39. The van der Waals surface area contributed by atoms with Gasteiger partial charge in [-0.3, -0.25) is 9.59 Å². The quantitative estimate of drug-likeness (QED) is 0.495. The van der Waals surface area contributed by atoms with E-state index in [0.717, 1.165) is 16.8 Å². The van der Waals surface area contributed by atoms with Crippen molar-refractivity contribution in [2.24, 2.45) is 0 Å². The number of hydrogen-bond acceptors (Lipinski definition) is 5. The van der Waals surface area contributed by atoms with Crippen molar-refractivity contribution in [1.82, 2.24) is 5.32 Å². The molecule has 1 aliphatic carbocycles. The summed E-state index contributed by atoms with van der Waals surface area (Å²) in [4.78, 5) is 27.4. The van der Waals surface area contributed by atoms with Gasteiger partial charge in [0.05, 0.1) is 0 Å². The van der Waals surface area contributed by atoms with E-state index in [1.807, 2.05) is 49.4 Å². The summed E-state index contributed by atoms with van der Waals surface area (Å²) in [5.41, 5.74) is 4.68. The molecule has 0 radical (unpaired) electrons. The van der Waals surface area contributed by atoms with Crippen LogP contribution >= 0.6 is 0 Å². The van der Waals surface area contributed by atoms with Crippen LogP contribution < -0.4 is 20.1 Å². The average Bonchev–Trinajstić information content (AvgIpc) is 3.36. The van der Waals surface area contributed by atoms with Crippen molar-refractivity contribution in [3.63, 3.8) is 0 Å². The molecule has 6 nitrogen and oxygen atoms in total. The summed E-state index contributed by atoms with van der Waals surface area (Å²) in [6.07, 6.45) is 1.01. The van der Waals surface area contributed by atoms with E-state index < -0.39 is 17.6 Å². The highest BCUT2D eigenvalue weighted by Crippen LogP contribution is 2.47. The normalized spacial score (nSPS) is 20.4. The number of amides is 1. The summed E-state index contributed by atoms with van der Waals surface area (Å²) in [5.74, 6) is -0.214. The zero-order valence-electron chi connectivity index (χ0n) is 20.2. The van der Waals surface area contributed by atoms with Crippen molar-refractivity contribution >= 4 is 17.4 Å². The molecule has 0 spiro atoms. The Bertz CT molecular complexity index is 1480. The maximum absolute atomic E-state index is 13.8. The molecule has 1 amide bonds. The first kappa shape index (κ1) is 23.0. The Morgan fingerprint density at radius 2 is 1.76 bits per heavy atom. The molecule has 2 heterocycles. The molecule has 0 aromatic heterocycles. The fraction of sp³-hybridized carbons (Fsp3) is 0.200. The van der Waals surface area contributed by atoms with E-state index in [-0.39, 0.29) is 18.5 Å². The van der Waals surface area contributed by atoms with Crippen LogP contribution in [0.3, 0.4) is 0 Å². The Labute approximate surface area is 213 Å². The number of ether oxygens (including phenoxy) is 2. The van der Waals surface area contributed by atoms with Crippen LogP contribution in [0, 0.1) is 5.82 Å². The molecule has 3 aromatic carbocycles. The van der Waals surface area contributed by atoms with Crippen molar-refractivity contribution in [1.29, 1.82) is 0 Å². The lowest BCUT2D eigenvalue weighted by molar-refractivity contribution is -0.116. The summed E-state index contributed by atoms with van der Waals surface area (Å²) in [7, 11) is 0. The van der Waals surface area contributed by atoms with Crippen LogP contribution in [0.25, 0.3) is 0 Å². The van der Waals surface area contributed by atoms with Gasteiger partial charge in [0.25, 0.3) is 5.91 Å². The van der Waals surface area contributed by atoms with Gasteiger partial charge in [-0.05, 0) is 60.7 Å². The van der Waals surface area contributed by atoms with E-state index in [1.54, 1.807) is 12.1 Å². The molecule has 0 unspecified atom stereocenters. The van der Waals surface area contributed by atoms with E-state index >= 15 is 0 Å². The summed E-state index contributed by atoms with van der Waals surface area (Å²) in [5, 5.41) is 6.19. The first-order chi connectivity index (χ1) is 18.0. The maximum atomic E-state index is 13.8. The van der Waals surface area contributed by atoms with Crippen LogP contribution in [0.2, 0.25) is 0 Å². The third kappa shape index (κ3) is 4.27. The minimum absolute atomic E-state index is 0.00572. The van der Waals surface area contributed by atoms with E-state index in [0.29, 0.717) is 46.9 Å². The Balaban J connectivity index is 1.43. The van der Waals surface area contributed by atoms with E-state index in [2.05, 4.69) is 10.6 Å². The highest BCUT2D eigenvalue weighted by molar-refractivity contribution is 6.10. The van der Waals surface area contributed by atoms with Gasteiger partial charge in [0.2, 0.25) is 6.79 Å². The van der Waals surface area contributed by atoms with Crippen LogP contribution in [0.4, 0.5) is 10.1 Å². The number of carbonyl (C=O) groups excluding carboxylic acids is 2. The Morgan fingerprint density at radius 1 is 0.946 bits per heavy atom. The van der Waals surface area contributed by atoms with Gasteiger partial charge in [-0.25, -0.2) is 4.39 Å². The van der Waals surface area contributed by atoms with Gasteiger partial charge in [-0.2, -0.15) is 0 Å². The second-order valence-corrected chi connectivity index (χ2v) is 9.51. The van der Waals surface area contributed by atoms with Gasteiger partial charge in [0, 0.05) is 40.6 Å². The number of halogens is 1. The summed E-state index contributed by atoms with van der Waals surface area (Å²) in [6.45, 7) is 1.96. The molecule has 2 N–H and O–H groups in total. The molecular weight excluding hydrogens is 471 g/mol.